The van der Waals surface area contributed by atoms with E-state index in [4.69, 9.17) is 14.2 Å². The van der Waals surface area contributed by atoms with Crippen molar-refractivity contribution < 1.29 is 19.0 Å². The third-order valence-electron chi connectivity index (χ3n) is 5.44. The molecule has 1 N–H and O–H groups in total. The van der Waals surface area contributed by atoms with Crippen molar-refractivity contribution in [1.82, 2.24) is 19.5 Å². The molecule has 0 bridgehead atoms. The van der Waals surface area contributed by atoms with E-state index >= 15 is 0 Å². The number of nitrogens with zero attached hydrogens (tertiary/aromatic N) is 3. The minimum absolute atomic E-state index is 0.0723. The Morgan fingerprint density at radius 1 is 1.18 bits per heavy atom. The van der Waals surface area contributed by atoms with Crippen molar-refractivity contribution in [3.8, 4) is 17.2 Å². The number of benzene rings is 1. The number of hydrogen-bond acceptors (Lipinski definition) is 5. The quantitative estimate of drug-likeness (QED) is 0.750. The zero-order chi connectivity index (χ0) is 19.1. The Hall–Kier alpha value is -3.16. The highest BCUT2D eigenvalue weighted by molar-refractivity contribution is 5.99. The van der Waals surface area contributed by atoms with Crippen LogP contribution in [-0.2, 0) is 7.05 Å². The van der Waals surface area contributed by atoms with Crippen molar-refractivity contribution in [3.63, 3.8) is 0 Å². The van der Waals surface area contributed by atoms with Gasteiger partial charge in [0.2, 0.25) is 6.79 Å². The third kappa shape index (κ3) is 3.04. The van der Waals surface area contributed by atoms with E-state index in [0.717, 1.165) is 48.6 Å². The van der Waals surface area contributed by atoms with Crippen LogP contribution in [0.4, 0.5) is 0 Å². The maximum absolute atomic E-state index is 12.7. The minimum Gasteiger partial charge on any atom is -0.490 e. The van der Waals surface area contributed by atoms with E-state index in [0.29, 0.717) is 5.56 Å². The van der Waals surface area contributed by atoms with Crippen molar-refractivity contribution in [2.45, 2.75) is 37.8 Å². The third-order valence-corrected chi connectivity index (χ3v) is 5.44. The second-order valence-electron chi connectivity index (χ2n) is 7.32. The van der Waals surface area contributed by atoms with Crippen LogP contribution in [0.1, 0.15) is 36.0 Å². The molecule has 0 atom stereocenters. The van der Waals surface area contributed by atoms with Crippen molar-refractivity contribution in [3.05, 3.63) is 42.4 Å². The second-order valence-corrected chi connectivity index (χ2v) is 7.32. The van der Waals surface area contributed by atoms with Crippen molar-refractivity contribution in [2.24, 2.45) is 7.05 Å². The summed E-state index contributed by atoms with van der Waals surface area (Å²) in [5.74, 6) is 2.21. The highest BCUT2D eigenvalue weighted by atomic mass is 16.7. The van der Waals surface area contributed by atoms with Crippen LogP contribution in [0.5, 0.6) is 17.2 Å². The maximum Gasteiger partial charge on any atom is 0.256 e. The number of fused-ring (bicyclic) bond motifs is 2. The van der Waals surface area contributed by atoms with Gasteiger partial charge in [-0.25, -0.2) is 4.52 Å². The van der Waals surface area contributed by atoms with Crippen LogP contribution >= 0.6 is 0 Å². The predicted molar refractivity (Wildman–Crippen MR) is 101 cm³/mol. The van der Waals surface area contributed by atoms with Gasteiger partial charge in [-0.15, -0.1) is 0 Å². The first-order valence-corrected chi connectivity index (χ1v) is 9.53. The van der Waals surface area contributed by atoms with Crippen LogP contribution in [0.3, 0.4) is 0 Å². The lowest BCUT2D eigenvalue weighted by Crippen LogP contribution is -2.39. The van der Waals surface area contributed by atoms with Crippen LogP contribution < -0.4 is 19.5 Å². The molecule has 2 aromatic heterocycles. The normalized spacial score (nSPS) is 21.0. The van der Waals surface area contributed by atoms with E-state index in [-0.39, 0.29) is 24.8 Å². The number of amides is 1. The molecule has 2 aliphatic rings. The highest BCUT2D eigenvalue weighted by Crippen LogP contribution is 2.36. The smallest absolute Gasteiger partial charge is 0.256 e. The van der Waals surface area contributed by atoms with Gasteiger partial charge in [-0.05, 0) is 37.8 Å². The number of ether oxygens (including phenoxy) is 3. The van der Waals surface area contributed by atoms with Gasteiger partial charge in [-0.2, -0.15) is 5.10 Å². The summed E-state index contributed by atoms with van der Waals surface area (Å²) in [7, 11) is 1.91. The van der Waals surface area contributed by atoms with Gasteiger partial charge in [0, 0.05) is 31.5 Å². The molecule has 3 aromatic rings. The molecule has 1 aromatic carbocycles. The molecule has 1 aliphatic carbocycles. The summed E-state index contributed by atoms with van der Waals surface area (Å²) in [4.78, 5) is 12.7. The molecule has 8 nitrogen and oxygen atoms in total. The first-order valence-electron chi connectivity index (χ1n) is 9.53. The van der Waals surface area contributed by atoms with Gasteiger partial charge in [0.25, 0.3) is 5.91 Å². The summed E-state index contributed by atoms with van der Waals surface area (Å²) in [5.41, 5.74) is 1.41. The van der Waals surface area contributed by atoms with Gasteiger partial charge in [0.1, 0.15) is 17.0 Å². The lowest BCUT2D eigenvalue weighted by molar-refractivity contribution is 0.0895. The first kappa shape index (κ1) is 17.0. The van der Waals surface area contributed by atoms with E-state index in [9.17, 15) is 4.79 Å². The van der Waals surface area contributed by atoms with Crippen LogP contribution in [0.2, 0.25) is 0 Å². The van der Waals surface area contributed by atoms with Gasteiger partial charge in [-0.3, -0.25) is 4.79 Å². The monoisotopic (exact) mass is 382 g/mol. The van der Waals surface area contributed by atoms with Crippen molar-refractivity contribution >= 4 is 11.6 Å². The lowest BCUT2D eigenvalue weighted by atomic mass is 9.92. The number of carbonyl (C=O) groups excluding carboxylic acids is 1. The van der Waals surface area contributed by atoms with Crippen LogP contribution in [0, 0.1) is 0 Å². The van der Waals surface area contributed by atoms with Gasteiger partial charge < -0.3 is 24.1 Å². The molecule has 0 saturated heterocycles. The molecular formula is C20H22N4O4. The van der Waals surface area contributed by atoms with Gasteiger partial charge in [0.05, 0.1) is 12.3 Å². The molecule has 3 heterocycles. The number of rotatable bonds is 4. The number of nitrogens with one attached hydrogen (secondary N) is 1. The minimum atomic E-state index is -0.0723. The number of aromatic nitrogens is 3. The second kappa shape index (κ2) is 6.78. The fourth-order valence-corrected chi connectivity index (χ4v) is 3.94. The zero-order valence-corrected chi connectivity index (χ0v) is 15.6. The van der Waals surface area contributed by atoms with E-state index in [1.807, 2.05) is 42.2 Å². The summed E-state index contributed by atoms with van der Waals surface area (Å²) in [6, 6.07) is 5.81. The summed E-state index contributed by atoms with van der Waals surface area (Å²) < 4.78 is 20.4. The topological polar surface area (TPSA) is 79.0 Å². The van der Waals surface area contributed by atoms with E-state index in [2.05, 4.69) is 10.4 Å². The summed E-state index contributed by atoms with van der Waals surface area (Å²) in [5, 5.41) is 7.38. The molecule has 0 spiro atoms. The van der Waals surface area contributed by atoms with Crippen LogP contribution in [-0.4, -0.2) is 39.0 Å². The molecule has 1 amide bonds. The fraction of sp³-hybridized carbons (Fsp3) is 0.400. The van der Waals surface area contributed by atoms with Crippen LogP contribution in [0.15, 0.2) is 36.8 Å². The van der Waals surface area contributed by atoms with Crippen molar-refractivity contribution in [1.29, 1.82) is 0 Å². The zero-order valence-electron chi connectivity index (χ0n) is 15.6. The molecule has 1 saturated carbocycles. The number of carbonyl (C=O) groups is 1. The van der Waals surface area contributed by atoms with Gasteiger partial charge in [0.15, 0.2) is 11.5 Å². The van der Waals surface area contributed by atoms with Crippen LogP contribution in [0.25, 0.3) is 5.65 Å². The number of hydrogen-bond donors (Lipinski definition) is 1. The van der Waals surface area contributed by atoms with E-state index < -0.39 is 0 Å². The molecule has 0 radical (unpaired) electrons. The molecule has 1 fully saturated rings. The Labute approximate surface area is 162 Å². The molecule has 5 rings (SSSR count). The van der Waals surface area contributed by atoms with Crippen molar-refractivity contribution in [2.75, 3.05) is 6.79 Å². The summed E-state index contributed by atoms with van der Waals surface area (Å²) in [6.45, 7) is 0.260. The Morgan fingerprint density at radius 2 is 2.00 bits per heavy atom. The molecule has 146 valence electrons. The Morgan fingerprint density at radius 3 is 2.86 bits per heavy atom. The SMILES string of the molecule is Cn1ccn2ncc(C(=O)NC3CCC(Oc4ccc5c(c4)OCO5)CC3)c12. The largest absolute Gasteiger partial charge is 0.490 e. The summed E-state index contributed by atoms with van der Waals surface area (Å²) >= 11 is 0. The highest BCUT2D eigenvalue weighted by Gasteiger charge is 2.26. The number of imidazole rings is 1. The van der Waals surface area contributed by atoms with Gasteiger partial charge in [-0.1, -0.05) is 0 Å². The Bertz CT molecular complexity index is 1020. The Balaban J connectivity index is 1.17. The van der Waals surface area contributed by atoms with E-state index in [1.54, 1.807) is 10.7 Å². The molecule has 28 heavy (non-hydrogen) atoms. The predicted octanol–water partition coefficient (Wildman–Crippen LogP) is 2.52. The first-order chi connectivity index (χ1) is 13.7. The average Bonchev–Trinajstić information content (AvgIpc) is 3.41. The molecule has 0 unspecified atom stereocenters. The molecule has 1 aliphatic heterocycles. The average molecular weight is 382 g/mol. The molecular weight excluding hydrogens is 360 g/mol. The summed E-state index contributed by atoms with van der Waals surface area (Å²) in [6.07, 6.45) is 9.06. The molecule has 8 heteroatoms. The maximum atomic E-state index is 12.7. The van der Waals surface area contributed by atoms with Gasteiger partial charge >= 0.3 is 0 Å². The van der Waals surface area contributed by atoms with E-state index in [1.165, 1.54) is 0 Å². The lowest BCUT2D eigenvalue weighted by Gasteiger charge is -2.29. The fourth-order valence-electron chi connectivity index (χ4n) is 3.94. The number of aryl methyl sites for hydroxylation is 1. The Kier molecular flexibility index (Phi) is 4.11. The standard InChI is InChI=1S/C20H22N4O4/c1-23-8-9-24-20(23)16(11-21-24)19(25)22-13-2-4-14(5-3-13)28-15-6-7-17-18(10-15)27-12-26-17/h6-11,13-14H,2-5,12H2,1H3,(H,22,25).